The number of hydrogen-bond donors (Lipinski definition) is 3. The van der Waals surface area contributed by atoms with Crippen molar-refractivity contribution in [3.05, 3.63) is 77.1 Å². The van der Waals surface area contributed by atoms with E-state index in [-0.39, 0.29) is 0 Å². The second-order valence-electron chi connectivity index (χ2n) is 8.09. The lowest BCUT2D eigenvalue weighted by atomic mass is 10.1. The van der Waals surface area contributed by atoms with E-state index in [2.05, 4.69) is 10.3 Å². The monoisotopic (exact) mass is 495 g/mol. The van der Waals surface area contributed by atoms with Gasteiger partial charge >= 0.3 is 12.1 Å². The largest absolute Gasteiger partial charge is 0.477 e. The van der Waals surface area contributed by atoms with Crippen molar-refractivity contribution >= 4 is 46.1 Å². The fourth-order valence-corrected chi connectivity index (χ4v) is 4.33. The Morgan fingerprint density at radius 3 is 2.38 bits per heavy atom. The van der Waals surface area contributed by atoms with Crippen molar-refractivity contribution in [1.29, 1.82) is 0 Å². The number of ether oxygens (including phenoxy) is 1. The molecule has 0 unspecified atom stereocenters. The summed E-state index contributed by atoms with van der Waals surface area (Å²) in [6, 6.07) is 18.5. The molecule has 3 heterocycles. The summed E-state index contributed by atoms with van der Waals surface area (Å²) in [5.41, 5.74) is 8.36. The van der Waals surface area contributed by atoms with E-state index in [0.717, 1.165) is 21.0 Å². The highest BCUT2D eigenvalue weighted by Crippen LogP contribution is 2.30. The van der Waals surface area contributed by atoms with Crippen LogP contribution in [0.15, 0.2) is 72.2 Å². The van der Waals surface area contributed by atoms with E-state index in [1.165, 1.54) is 11.3 Å². The predicted molar refractivity (Wildman–Crippen MR) is 139 cm³/mol. The quantitative estimate of drug-likeness (QED) is 0.267. The molecule has 0 aliphatic heterocycles. The van der Waals surface area contributed by atoms with Crippen LogP contribution in [-0.2, 0) is 4.74 Å². The second-order valence-corrected chi connectivity index (χ2v) is 10.1. The number of aromatic carboxylic acids is 1. The molecule has 3 aromatic heterocycles. The molecule has 0 aliphatic rings. The summed E-state index contributed by atoms with van der Waals surface area (Å²) < 4.78 is 5.20. The second kappa shape index (κ2) is 11.0. The topological polar surface area (TPSA) is 115 Å². The number of nitrogens with zero attached hydrogens (tertiary/aromatic N) is 1. The number of nitrogens with two attached hydrogens (primary N) is 1. The lowest BCUT2D eigenvalue weighted by molar-refractivity contribution is 0.0634. The van der Waals surface area contributed by atoms with Crippen molar-refractivity contribution in [1.82, 2.24) is 4.98 Å². The number of thiophene rings is 2. The third-order valence-electron chi connectivity index (χ3n) is 4.23. The van der Waals surface area contributed by atoms with Gasteiger partial charge in [-0.2, -0.15) is 0 Å². The Morgan fingerprint density at radius 2 is 1.82 bits per heavy atom. The van der Waals surface area contributed by atoms with Crippen LogP contribution in [0.2, 0.25) is 0 Å². The van der Waals surface area contributed by atoms with E-state index < -0.39 is 17.7 Å². The minimum atomic E-state index is -0.891. The molecule has 0 radical (unpaired) electrons. The number of amides is 1. The molecule has 34 heavy (non-hydrogen) atoms. The Morgan fingerprint density at radius 1 is 1.03 bits per heavy atom. The maximum absolute atomic E-state index is 11.7. The van der Waals surface area contributed by atoms with Crippen LogP contribution in [0.4, 0.5) is 16.2 Å². The third-order valence-corrected chi connectivity index (χ3v) is 6.24. The molecule has 4 N–H and O–H groups in total. The van der Waals surface area contributed by atoms with Gasteiger partial charge in [0.05, 0.1) is 21.9 Å². The maximum atomic E-state index is 11.7. The summed E-state index contributed by atoms with van der Waals surface area (Å²) in [6.07, 6.45) is 1.18. The molecular weight excluding hydrogens is 470 g/mol. The number of aromatic nitrogens is 1. The first-order valence-electron chi connectivity index (χ1n) is 10.3. The number of anilines is 2. The van der Waals surface area contributed by atoms with Crippen molar-refractivity contribution in [3.63, 3.8) is 0 Å². The van der Waals surface area contributed by atoms with E-state index in [4.69, 9.17) is 15.6 Å². The summed E-state index contributed by atoms with van der Waals surface area (Å²) in [5, 5.41) is 13.4. The molecule has 9 heteroatoms. The van der Waals surface area contributed by atoms with E-state index >= 15 is 0 Å². The van der Waals surface area contributed by atoms with Gasteiger partial charge in [0.25, 0.3) is 0 Å². The molecule has 1 aromatic carbocycles. The van der Waals surface area contributed by atoms with Crippen molar-refractivity contribution < 1.29 is 19.4 Å². The number of hydrogen-bond acceptors (Lipinski definition) is 7. The smallest absolute Gasteiger partial charge is 0.412 e. The highest BCUT2D eigenvalue weighted by molar-refractivity contribution is 7.17. The average Bonchev–Trinajstić information content (AvgIpc) is 3.48. The number of nitrogens with one attached hydrogen (secondary N) is 1. The molecule has 0 saturated carbocycles. The van der Waals surface area contributed by atoms with Gasteiger partial charge in [-0.1, -0.05) is 18.2 Å². The number of benzene rings is 1. The lowest BCUT2D eigenvalue weighted by Gasteiger charge is -2.20. The molecule has 4 aromatic rings. The molecule has 1 amide bonds. The summed E-state index contributed by atoms with van der Waals surface area (Å²) >= 11 is 2.88. The van der Waals surface area contributed by atoms with Crippen molar-refractivity contribution in [2.45, 2.75) is 26.4 Å². The van der Waals surface area contributed by atoms with Crippen LogP contribution in [0.5, 0.6) is 0 Å². The normalized spacial score (nSPS) is 10.7. The van der Waals surface area contributed by atoms with Crippen LogP contribution in [0.3, 0.4) is 0 Å². The molecule has 0 saturated heterocycles. The zero-order chi connectivity index (χ0) is 24.7. The first-order chi connectivity index (χ1) is 16.1. The number of carboxylic acids is 1. The molecule has 0 aliphatic carbocycles. The zero-order valence-corrected chi connectivity index (χ0v) is 20.6. The molecule has 7 nitrogen and oxygen atoms in total. The minimum Gasteiger partial charge on any atom is -0.477 e. The number of pyridine rings is 1. The first kappa shape index (κ1) is 24.9. The molecule has 0 atom stereocenters. The average molecular weight is 496 g/mol. The Balaban J connectivity index is 0.000000202. The lowest BCUT2D eigenvalue weighted by Crippen LogP contribution is -2.27. The van der Waals surface area contributed by atoms with Crippen molar-refractivity contribution in [2.75, 3.05) is 11.1 Å². The molecule has 0 spiro atoms. The fourth-order valence-electron chi connectivity index (χ4n) is 2.79. The summed E-state index contributed by atoms with van der Waals surface area (Å²) in [5.74, 6) is -0.891. The Bertz CT molecular complexity index is 1250. The summed E-state index contributed by atoms with van der Waals surface area (Å²) in [7, 11) is 0. The SMILES string of the molecule is CC(C)(C)OC(=O)Nc1ccc(-c2cccs2)cc1N.O=C(O)c1ccc(-c2ccccn2)s1. The molecule has 0 fully saturated rings. The minimum absolute atomic E-state index is 0.339. The van der Waals surface area contributed by atoms with Gasteiger partial charge in [-0.15, -0.1) is 22.7 Å². The highest BCUT2D eigenvalue weighted by Gasteiger charge is 2.17. The van der Waals surface area contributed by atoms with E-state index in [1.54, 1.807) is 35.7 Å². The predicted octanol–water partition coefficient (Wildman–Crippen LogP) is 6.85. The first-order valence-corrected chi connectivity index (χ1v) is 12.0. The molecule has 0 bridgehead atoms. The van der Waals surface area contributed by atoms with E-state index in [0.29, 0.717) is 16.3 Å². The number of nitrogen functional groups attached to an aromatic ring is 1. The van der Waals surface area contributed by atoms with Gasteiger partial charge < -0.3 is 15.6 Å². The van der Waals surface area contributed by atoms with Gasteiger partial charge in [-0.05, 0) is 74.2 Å². The number of rotatable bonds is 4. The van der Waals surface area contributed by atoms with Gasteiger partial charge in [-0.3, -0.25) is 10.3 Å². The summed E-state index contributed by atoms with van der Waals surface area (Å²) in [6.45, 7) is 5.45. The molecular formula is C25H25N3O4S2. The summed E-state index contributed by atoms with van der Waals surface area (Å²) in [4.78, 5) is 28.8. The van der Waals surface area contributed by atoms with Crippen LogP contribution >= 0.6 is 22.7 Å². The van der Waals surface area contributed by atoms with Crippen LogP contribution in [-0.4, -0.2) is 27.8 Å². The standard InChI is InChI=1S/C15H18N2O2S.C10H7NO2S/c1-15(2,3)19-14(18)17-12-7-6-10(9-11(12)16)13-5-4-8-20-13;12-10(13)9-5-4-8(14-9)7-3-1-2-6-11-7/h4-9H,16H2,1-3H3,(H,17,18);1-6H,(H,12,13). The maximum Gasteiger partial charge on any atom is 0.412 e. The Kier molecular flexibility index (Phi) is 8.04. The number of carboxylic acid groups (broad SMARTS) is 1. The Labute approximate surface area is 205 Å². The number of carbonyl (C=O) groups is 2. The Hall–Kier alpha value is -3.69. The van der Waals surface area contributed by atoms with E-state index in [9.17, 15) is 9.59 Å². The molecule has 4 rings (SSSR count). The fraction of sp³-hybridized carbons (Fsp3) is 0.160. The highest BCUT2D eigenvalue weighted by atomic mass is 32.1. The van der Waals surface area contributed by atoms with Crippen LogP contribution in [0.1, 0.15) is 30.4 Å². The van der Waals surface area contributed by atoms with E-state index in [1.807, 2.05) is 68.6 Å². The van der Waals surface area contributed by atoms with Gasteiger partial charge in [0.2, 0.25) is 0 Å². The van der Waals surface area contributed by atoms with Crippen LogP contribution in [0.25, 0.3) is 21.0 Å². The van der Waals surface area contributed by atoms with Crippen molar-refractivity contribution in [3.8, 4) is 21.0 Å². The van der Waals surface area contributed by atoms with Gasteiger partial charge in [0.15, 0.2) is 0 Å². The van der Waals surface area contributed by atoms with Gasteiger partial charge in [0, 0.05) is 11.1 Å². The number of carbonyl (C=O) groups excluding carboxylic acids is 1. The molecule has 176 valence electrons. The van der Waals surface area contributed by atoms with Crippen LogP contribution in [0, 0.1) is 0 Å². The van der Waals surface area contributed by atoms with Crippen LogP contribution < -0.4 is 11.1 Å². The van der Waals surface area contributed by atoms with Gasteiger partial charge in [-0.25, -0.2) is 9.59 Å². The van der Waals surface area contributed by atoms with Crippen molar-refractivity contribution in [2.24, 2.45) is 0 Å². The third kappa shape index (κ3) is 7.16. The van der Waals surface area contributed by atoms with Gasteiger partial charge in [0.1, 0.15) is 10.5 Å². The zero-order valence-electron chi connectivity index (χ0n) is 18.9.